The van der Waals surface area contributed by atoms with E-state index in [1.165, 1.54) is 5.56 Å². The number of carbonyl (C=O) groups is 1. The van der Waals surface area contributed by atoms with Crippen molar-refractivity contribution in [1.29, 1.82) is 0 Å². The molecule has 0 bridgehead atoms. The van der Waals surface area contributed by atoms with Crippen LogP contribution in [0.1, 0.15) is 32.3 Å². The zero-order valence-electron chi connectivity index (χ0n) is 10.8. The quantitative estimate of drug-likeness (QED) is 0.814. The average Bonchev–Trinajstić information content (AvgIpc) is 2.70. The van der Waals surface area contributed by atoms with Crippen LogP contribution in [0.5, 0.6) is 0 Å². The molecule has 3 nitrogen and oxygen atoms in total. The van der Waals surface area contributed by atoms with Crippen molar-refractivity contribution in [2.24, 2.45) is 5.41 Å². The van der Waals surface area contributed by atoms with Gasteiger partial charge < -0.3 is 10.0 Å². The largest absolute Gasteiger partial charge is 0.481 e. The average molecular weight is 255 g/mol. The highest BCUT2D eigenvalue weighted by molar-refractivity contribution is 7.07. The predicted octanol–water partition coefficient (Wildman–Crippen LogP) is 3.07. The van der Waals surface area contributed by atoms with Crippen LogP contribution in [0.4, 0.5) is 0 Å². The van der Waals surface area contributed by atoms with Crippen LogP contribution < -0.4 is 0 Å². The van der Waals surface area contributed by atoms with Crippen LogP contribution in [0.25, 0.3) is 0 Å². The number of hydrogen-bond acceptors (Lipinski definition) is 3. The maximum absolute atomic E-state index is 11.3. The molecule has 1 rings (SSSR count). The van der Waals surface area contributed by atoms with Crippen LogP contribution in [0.15, 0.2) is 16.8 Å². The second-order valence-electron chi connectivity index (χ2n) is 4.92. The van der Waals surface area contributed by atoms with Gasteiger partial charge in [0.2, 0.25) is 0 Å². The molecule has 0 aromatic carbocycles. The summed E-state index contributed by atoms with van der Waals surface area (Å²) in [6.45, 7) is 5.27. The Morgan fingerprint density at radius 1 is 1.59 bits per heavy atom. The highest BCUT2D eigenvalue weighted by Crippen LogP contribution is 2.25. The molecule has 1 unspecified atom stereocenters. The first-order valence-corrected chi connectivity index (χ1v) is 6.85. The van der Waals surface area contributed by atoms with Gasteiger partial charge in [-0.3, -0.25) is 4.79 Å². The van der Waals surface area contributed by atoms with E-state index >= 15 is 0 Å². The van der Waals surface area contributed by atoms with Gasteiger partial charge in [-0.1, -0.05) is 13.3 Å². The zero-order chi connectivity index (χ0) is 12.9. The molecular formula is C13H21NO2S. The number of carboxylic acids is 1. The van der Waals surface area contributed by atoms with E-state index in [9.17, 15) is 9.90 Å². The molecule has 1 N–H and O–H groups in total. The second-order valence-corrected chi connectivity index (χ2v) is 5.70. The van der Waals surface area contributed by atoms with Crippen molar-refractivity contribution in [2.75, 3.05) is 13.6 Å². The van der Waals surface area contributed by atoms with Gasteiger partial charge in [0, 0.05) is 13.1 Å². The molecule has 0 radical (unpaired) electrons. The normalized spacial score (nSPS) is 14.8. The third-order valence-electron chi connectivity index (χ3n) is 2.97. The van der Waals surface area contributed by atoms with Crippen molar-refractivity contribution in [3.63, 3.8) is 0 Å². The van der Waals surface area contributed by atoms with Gasteiger partial charge in [0.25, 0.3) is 0 Å². The minimum atomic E-state index is -0.698. The van der Waals surface area contributed by atoms with Crippen molar-refractivity contribution >= 4 is 17.3 Å². The molecule has 4 heteroatoms. The van der Waals surface area contributed by atoms with Gasteiger partial charge in [-0.05, 0) is 42.8 Å². The lowest BCUT2D eigenvalue weighted by Gasteiger charge is -2.29. The van der Waals surface area contributed by atoms with E-state index < -0.39 is 11.4 Å². The molecule has 0 saturated carbocycles. The van der Waals surface area contributed by atoms with Crippen molar-refractivity contribution in [1.82, 2.24) is 4.90 Å². The van der Waals surface area contributed by atoms with E-state index in [-0.39, 0.29) is 0 Å². The smallest absolute Gasteiger partial charge is 0.310 e. The first kappa shape index (κ1) is 14.2. The van der Waals surface area contributed by atoms with E-state index in [1.54, 1.807) is 11.3 Å². The summed E-state index contributed by atoms with van der Waals surface area (Å²) in [6.07, 6.45) is 1.62. The van der Waals surface area contributed by atoms with E-state index in [0.717, 1.165) is 19.4 Å². The topological polar surface area (TPSA) is 40.5 Å². The summed E-state index contributed by atoms with van der Waals surface area (Å²) in [6, 6.07) is 2.08. The minimum absolute atomic E-state index is 0.589. The Balaban J connectivity index is 2.58. The molecule has 0 fully saturated rings. The third kappa shape index (κ3) is 4.13. The minimum Gasteiger partial charge on any atom is -0.481 e. The Morgan fingerprint density at radius 3 is 2.76 bits per heavy atom. The van der Waals surface area contributed by atoms with Crippen LogP contribution in [0, 0.1) is 5.41 Å². The zero-order valence-corrected chi connectivity index (χ0v) is 11.6. The molecule has 0 amide bonds. The fourth-order valence-electron chi connectivity index (χ4n) is 2.15. The highest BCUT2D eigenvalue weighted by Gasteiger charge is 2.33. The Hall–Kier alpha value is -0.870. The molecule has 1 heterocycles. The molecule has 17 heavy (non-hydrogen) atoms. The molecular weight excluding hydrogens is 234 g/mol. The predicted molar refractivity (Wildman–Crippen MR) is 71.3 cm³/mol. The van der Waals surface area contributed by atoms with E-state index in [1.807, 2.05) is 26.3 Å². The van der Waals surface area contributed by atoms with E-state index in [2.05, 4.69) is 16.3 Å². The van der Waals surface area contributed by atoms with Crippen LogP contribution in [0.3, 0.4) is 0 Å². The summed E-state index contributed by atoms with van der Waals surface area (Å²) in [5.74, 6) is -0.698. The van der Waals surface area contributed by atoms with Gasteiger partial charge in [0.05, 0.1) is 5.41 Å². The molecule has 1 aromatic rings. The first-order chi connectivity index (χ1) is 7.98. The molecule has 1 atom stereocenters. The number of carboxylic acid groups (broad SMARTS) is 1. The summed E-state index contributed by atoms with van der Waals surface area (Å²) in [5, 5.41) is 13.5. The summed E-state index contributed by atoms with van der Waals surface area (Å²) >= 11 is 1.67. The third-order valence-corrected chi connectivity index (χ3v) is 3.70. The second kappa shape index (κ2) is 6.17. The van der Waals surface area contributed by atoms with Crippen LogP contribution in [-0.4, -0.2) is 29.6 Å². The Bertz CT molecular complexity index is 350. The first-order valence-electron chi connectivity index (χ1n) is 5.91. The van der Waals surface area contributed by atoms with Crippen LogP contribution >= 0.6 is 11.3 Å². The molecule has 0 aliphatic carbocycles. The SMILES string of the molecule is CCCC(C)(CN(C)Cc1ccsc1)C(=O)O. The van der Waals surface area contributed by atoms with Crippen molar-refractivity contribution in [3.8, 4) is 0 Å². The van der Waals surface area contributed by atoms with Gasteiger partial charge in [-0.2, -0.15) is 11.3 Å². The Labute approximate surface area is 107 Å². The van der Waals surface area contributed by atoms with Crippen LogP contribution in [0.2, 0.25) is 0 Å². The van der Waals surface area contributed by atoms with Gasteiger partial charge >= 0.3 is 5.97 Å². The van der Waals surface area contributed by atoms with E-state index in [4.69, 9.17) is 0 Å². The van der Waals surface area contributed by atoms with Gasteiger partial charge in [0.1, 0.15) is 0 Å². The van der Waals surface area contributed by atoms with Gasteiger partial charge in [0.15, 0.2) is 0 Å². The molecule has 0 saturated heterocycles. The standard InChI is InChI=1S/C13H21NO2S/c1-4-6-13(2,12(15)16)10-14(3)8-11-5-7-17-9-11/h5,7,9H,4,6,8,10H2,1-3H3,(H,15,16). The van der Waals surface area contributed by atoms with E-state index in [0.29, 0.717) is 6.54 Å². The Kier molecular flexibility index (Phi) is 5.15. The van der Waals surface area contributed by atoms with Gasteiger partial charge in [-0.15, -0.1) is 0 Å². The molecule has 0 spiro atoms. The lowest BCUT2D eigenvalue weighted by molar-refractivity contribution is -0.149. The summed E-state index contributed by atoms with van der Waals surface area (Å²) in [4.78, 5) is 13.4. The number of nitrogens with zero attached hydrogens (tertiary/aromatic N) is 1. The Morgan fingerprint density at radius 2 is 2.29 bits per heavy atom. The maximum atomic E-state index is 11.3. The molecule has 0 aliphatic heterocycles. The summed E-state index contributed by atoms with van der Waals surface area (Å²) in [5.41, 5.74) is 0.612. The molecule has 96 valence electrons. The van der Waals surface area contributed by atoms with Crippen molar-refractivity contribution in [2.45, 2.75) is 33.2 Å². The summed E-state index contributed by atoms with van der Waals surface area (Å²) in [7, 11) is 1.98. The number of hydrogen-bond donors (Lipinski definition) is 1. The monoisotopic (exact) mass is 255 g/mol. The fourth-order valence-corrected chi connectivity index (χ4v) is 2.81. The number of rotatable bonds is 7. The fraction of sp³-hybridized carbons (Fsp3) is 0.615. The van der Waals surface area contributed by atoms with Crippen molar-refractivity contribution in [3.05, 3.63) is 22.4 Å². The lowest BCUT2D eigenvalue weighted by atomic mass is 9.85. The van der Waals surface area contributed by atoms with Crippen LogP contribution in [-0.2, 0) is 11.3 Å². The maximum Gasteiger partial charge on any atom is 0.310 e. The van der Waals surface area contributed by atoms with Gasteiger partial charge in [-0.25, -0.2) is 0 Å². The van der Waals surface area contributed by atoms with Crippen molar-refractivity contribution < 1.29 is 9.90 Å². The summed E-state index contributed by atoms with van der Waals surface area (Å²) < 4.78 is 0. The molecule has 0 aliphatic rings. The molecule has 1 aromatic heterocycles. The number of thiophene rings is 1. The lowest BCUT2D eigenvalue weighted by Crippen LogP contribution is -2.39. The highest BCUT2D eigenvalue weighted by atomic mass is 32.1. The number of aliphatic carboxylic acids is 1.